The number of aromatic nitrogens is 4. The first-order chi connectivity index (χ1) is 14.1. The summed E-state index contributed by atoms with van der Waals surface area (Å²) >= 11 is 0. The number of pyridine rings is 2. The topological polar surface area (TPSA) is 63.9 Å². The molecule has 0 aliphatic carbocycles. The summed E-state index contributed by atoms with van der Waals surface area (Å²) in [6, 6.07) is 12.0. The standard InChI is InChI=1S/C22H18FN5O/c1-14-19-13-27(11-12-28(19)21(25-14)16-7-9-24-10-8-16)22(29)18-6-5-15-3-2-4-17(23)20(15)26-18/h2-10H,11-13H2,1H3. The lowest BCUT2D eigenvalue weighted by molar-refractivity contribution is 0.0705. The molecule has 6 nitrogen and oxygen atoms in total. The van der Waals surface area contributed by atoms with E-state index in [2.05, 4.69) is 14.5 Å². The zero-order chi connectivity index (χ0) is 20.0. The molecule has 0 atom stereocenters. The first-order valence-electron chi connectivity index (χ1n) is 9.43. The Morgan fingerprint density at radius 3 is 2.69 bits per heavy atom. The molecule has 4 aromatic rings. The van der Waals surface area contributed by atoms with E-state index in [1.54, 1.807) is 41.6 Å². The maximum atomic E-state index is 14.1. The second-order valence-corrected chi connectivity index (χ2v) is 7.09. The van der Waals surface area contributed by atoms with Crippen LogP contribution in [0, 0.1) is 12.7 Å². The fraction of sp³-hybridized carbons (Fsp3) is 0.182. The second-order valence-electron chi connectivity index (χ2n) is 7.09. The van der Waals surface area contributed by atoms with Crippen molar-refractivity contribution in [1.82, 2.24) is 24.4 Å². The van der Waals surface area contributed by atoms with Crippen LogP contribution in [0.2, 0.25) is 0 Å². The molecule has 0 unspecified atom stereocenters. The van der Waals surface area contributed by atoms with Gasteiger partial charge in [-0.3, -0.25) is 9.78 Å². The van der Waals surface area contributed by atoms with Crippen molar-refractivity contribution in [3.05, 3.63) is 77.8 Å². The van der Waals surface area contributed by atoms with Gasteiger partial charge in [-0.15, -0.1) is 0 Å². The minimum Gasteiger partial charge on any atom is -0.330 e. The van der Waals surface area contributed by atoms with Crippen LogP contribution < -0.4 is 0 Å². The molecule has 144 valence electrons. The Hall–Kier alpha value is -3.61. The van der Waals surface area contributed by atoms with Gasteiger partial charge in [0, 0.05) is 36.4 Å². The van der Waals surface area contributed by atoms with Crippen LogP contribution >= 0.6 is 0 Å². The van der Waals surface area contributed by atoms with Gasteiger partial charge in [-0.1, -0.05) is 18.2 Å². The number of imidazole rings is 1. The van der Waals surface area contributed by atoms with Gasteiger partial charge in [0.05, 0.1) is 17.9 Å². The molecule has 0 N–H and O–H groups in total. The molecular weight excluding hydrogens is 369 g/mol. The summed E-state index contributed by atoms with van der Waals surface area (Å²) in [6.45, 7) is 3.58. The maximum Gasteiger partial charge on any atom is 0.272 e. The Morgan fingerprint density at radius 1 is 1.03 bits per heavy atom. The molecular formula is C22H18FN5O. The number of hydrogen-bond donors (Lipinski definition) is 0. The molecule has 0 fully saturated rings. The molecule has 1 aromatic carbocycles. The third kappa shape index (κ3) is 2.95. The molecule has 4 heterocycles. The van der Waals surface area contributed by atoms with E-state index in [1.807, 2.05) is 19.1 Å². The van der Waals surface area contributed by atoms with Crippen molar-refractivity contribution in [2.75, 3.05) is 6.54 Å². The highest BCUT2D eigenvalue weighted by Gasteiger charge is 2.27. The van der Waals surface area contributed by atoms with Crippen molar-refractivity contribution in [2.24, 2.45) is 0 Å². The van der Waals surface area contributed by atoms with Crippen LogP contribution in [0.3, 0.4) is 0 Å². The SMILES string of the molecule is Cc1nc(-c2ccncc2)n2c1CN(C(=O)c1ccc3cccc(F)c3n1)CC2. The minimum atomic E-state index is -0.424. The van der Waals surface area contributed by atoms with Crippen molar-refractivity contribution < 1.29 is 9.18 Å². The van der Waals surface area contributed by atoms with Gasteiger partial charge < -0.3 is 9.47 Å². The molecule has 1 aliphatic heterocycles. The summed E-state index contributed by atoms with van der Waals surface area (Å²) in [5, 5.41) is 0.677. The predicted molar refractivity (Wildman–Crippen MR) is 107 cm³/mol. The van der Waals surface area contributed by atoms with E-state index in [0.717, 1.165) is 22.8 Å². The molecule has 1 aliphatic rings. The van der Waals surface area contributed by atoms with E-state index in [1.165, 1.54) is 6.07 Å². The van der Waals surface area contributed by atoms with Gasteiger partial charge in [0.1, 0.15) is 22.9 Å². The first-order valence-corrected chi connectivity index (χ1v) is 9.43. The van der Waals surface area contributed by atoms with E-state index in [4.69, 9.17) is 4.98 Å². The fourth-order valence-electron chi connectivity index (χ4n) is 3.81. The zero-order valence-corrected chi connectivity index (χ0v) is 15.8. The van der Waals surface area contributed by atoms with Gasteiger partial charge in [0.2, 0.25) is 0 Å². The molecule has 0 saturated carbocycles. The van der Waals surface area contributed by atoms with E-state index < -0.39 is 5.82 Å². The third-order valence-corrected chi connectivity index (χ3v) is 5.32. The molecule has 0 radical (unpaired) electrons. The molecule has 1 amide bonds. The number of benzene rings is 1. The van der Waals surface area contributed by atoms with Gasteiger partial charge >= 0.3 is 0 Å². The Kier molecular flexibility index (Phi) is 4.08. The Morgan fingerprint density at radius 2 is 1.86 bits per heavy atom. The van der Waals surface area contributed by atoms with Gasteiger partial charge in [-0.05, 0) is 31.2 Å². The second kappa shape index (κ2) is 6.77. The summed E-state index contributed by atoms with van der Waals surface area (Å²) in [4.78, 5) is 27.9. The van der Waals surface area contributed by atoms with Crippen LogP contribution in [-0.2, 0) is 13.1 Å². The number of aryl methyl sites for hydroxylation is 1. The molecule has 29 heavy (non-hydrogen) atoms. The van der Waals surface area contributed by atoms with E-state index in [-0.39, 0.29) is 17.1 Å². The molecule has 0 saturated heterocycles. The normalized spacial score (nSPS) is 13.5. The number of rotatable bonds is 2. The number of hydrogen-bond acceptors (Lipinski definition) is 4. The molecule has 3 aromatic heterocycles. The third-order valence-electron chi connectivity index (χ3n) is 5.32. The van der Waals surface area contributed by atoms with Crippen LogP contribution in [0.1, 0.15) is 21.9 Å². The number of fused-ring (bicyclic) bond motifs is 2. The van der Waals surface area contributed by atoms with Crippen molar-refractivity contribution in [1.29, 1.82) is 0 Å². The Labute approximate surface area is 166 Å². The maximum absolute atomic E-state index is 14.1. The summed E-state index contributed by atoms with van der Waals surface area (Å²) in [6.07, 6.45) is 3.49. The van der Waals surface area contributed by atoms with Gasteiger partial charge in [-0.25, -0.2) is 14.4 Å². The van der Waals surface area contributed by atoms with E-state index in [0.29, 0.717) is 25.0 Å². The number of amides is 1. The summed E-state index contributed by atoms with van der Waals surface area (Å²) in [7, 11) is 0. The first kappa shape index (κ1) is 17.5. The number of para-hydroxylation sites is 1. The van der Waals surface area contributed by atoms with Gasteiger partial charge in [0.25, 0.3) is 5.91 Å². The average molecular weight is 387 g/mol. The lowest BCUT2D eigenvalue weighted by atomic mass is 10.1. The highest BCUT2D eigenvalue weighted by molar-refractivity contribution is 5.95. The highest BCUT2D eigenvalue weighted by atomic mass is 19.1. The molecule has 0 bridgehead atoms. The lowest BCUT2D eigenvalue weighted by Gasteiger charge is -2.29. The van der Waals surface area contributed by atoms with Crippen LogP contribution in [0.15, 0.2) is 54.9 Å². The monoisotopic (exact) mass is 387 g/mol. The van der Waals surface area contributed by atoms with Gasteiger partial charge in [-0.2, -0.15) is 0 Å². The highest BCUT2D eigenvalue weighted by Crippen LogP contribution is 2.26. The predicted octanol–water partition coefficient (Wildman–Crippen LogP) is 3.60. The number of halogens is 1. The molecule has 7 heteroatoms. The van der Waals surface area contributed by atoms with Crippen LogP contribution in [0.5, 0.6) is 0 Å². The number of carbonyl (C=O) groups is 1. The van der Waals surface area contributed by atoms with Crippen molar-refractivity contribution in [3.8, 4) is 11.4 Å². The van der Waals surface area contributed by atoms with Crippen molar-refractivity contribution >= 4 is 16.8 Å². The average Bonchev–Trinajstić information content (AvgIpc) is 3.10. The largest absolute Gasteiger partial charge is 0.330 e. The Balaban J connectivity index is 1.46. The van der Waals surface area contributed by atoms with E-state index >= 15 is 0 Å². The van der Waals surface area contributed by atoms with Gasteiger partial charge in [0.15, 0.2) is 0 Å². The summed E-state index contributed by atoms with van der Waals surface area (Å²) < 4.78 is 16.2. The quantitative estimate of drug-likeness (QED) is 0.527. The summed E-state index contributed by atoms with van der Waals surface area (Å²) in [5.41, 5.74) is 3.37. The minimum absolute atomic E-state index is 0.201. The zero-order valence-electron chi connectivity index (χ0n) is 15.8. The lowest BCUT2D eigenvalue weighted by Crippen LogP contribution is -2.38. The van der Waals surface area contributed by atoms with Crippen LogP contribution in [0.4, 0.5) is 4.39 Å². The smallest absolute Gasteiger partial charge is 0.272 e. The molecule has 5 rings (SSSR count). The van der Waals surface area contributed by atoms with Crippen LogP contribution in [0.25, 0.3) is 22.3 Å². The van der Waals surface area contributed by atoms with Crippen molar-refractivity contribution in [3.63, 3.8) is 0 Å². The van der Waals surface area contributed by atoms with Crippen molar-refractivity contribution in [2.45, 2.75) is 20.0 Å². The Bertz CT molecular complexity index is 1230. The summed E-state index contributed by atoms with van der Waals surface area (Å²) in [5.74, 6) is 0.261. The van der Waals surface area contributed by atoms with E-state index in [9.17, 15) is 9.18 Å². The molecule has 0 spiro atoms. The fourth-order valence-corrected chi connectivity index (χ4v) is 3.81. The van der Waals surface area contributed by atoms with Crippen LogP contribution in [-0.4, -0.2) is 36.9 Å². The number of carbonyl (C=O) groups excluding carboxylic acids is 1. The number of nitrogens with zero attached hydrogens (tertiary/aromatic N) is 5.